The lowest BCUT2D eigenvalue weighted by atomic mass is 10.1. The van der Waals surface area contributed by atoms with E-state index in [4.69, 9.17) is 0 Å². The second-order valence-electron chi connectivity index (χ2n) is 4.18. The normalized spacial score (nSPS) is 24.0. The molecular formula is C13H15NO2. The van der Waals surface area contributed by atoms with E-state index in [-0.39, 0.29) is 17.9 Å². The van der Waals surface area contributed by atoms with Gasteiger partial charge < -0.3 is 10.1 Å². The minimum Gasteiger partial charge on any atom is -0.349 e. The highest BCUT2D eigenvalue weighted by molar-refractivity contribution is 5.94. The summed E-state index contributed by atoms with van der Waals surface area (Å²) < 4.78 is 0. The maximum atomic E-state index is 11.8. The number of carbonyl (C=O) groups is 2. The molecular weight excluding hydrogens is 202 g/mol. The van der Waals surface area contributed by atoms with Gasteiger partial charge in [0.1, 0.15) is 6.29 Å². The highest BCUT2D eigenvalue weighted by Gasteiger charge is 2.28. The van der Waals surface area contributed by atoms with Gasteiger partial charge in [0.25, 0.3) is 5.91 Å². The van der Waals surface area contributed by atoms with Crippen LogP contribution in [0.2, 0.25) is 0 Å². The number of aldehydes is 1. The molecule has 84 valence electrons. The van der Waals surface area contributed by atoms with Crippen LogP contribution in [0, 0.1) is 5.92 Å². The molecule has 1 aromatic carbocycles. The summed E-state index contributed by atoms with van der Waals surface area (Å²) in [5, 5.41) is 2.93. The summed E-state index contributed by atoms with van der Waals surface area (Å²) in [6, 6.07) is 9.12. The van der Waals surface area contributed by atoms with E-state index in [1.165, 1.54) is 0 Å². The van der Waals surface area contributed by atoms with E-state index in [2.05, 4.69) is 5.32 Å². The molecule has 0 radical (unpaired) electrons. The molecule has 2 atom stereocenters. The second-order valence-corrected chi connectivity index (χ2v) is 4.18. The number of amides is 1. The zero-order valence-electron chi connectivity index (χ0n) is 9.06. The molecule has 1 aliphatic rings. The summed E-state index contributed by atoms with van der Waals surface area (Å²) in [6.45, 7) is 0. The first-order valence-corrected chi connectivity index (χ1v) is 5.62. The Kier molecular flexibility index (Phi) is 3.34. The van der Waals surface area contributed by atoms with Gasteiger partial charge in [0.15, 0.2) is 0 Å². The smallest absolute Gasteiger partial charge is 0.251 e. The van der Waals surface area contributed by atoms with Gasteiger partial charge in [0, 0.05) is 17.5 Å². The van der Waals surface area contributed by atoms with Crippen molar-refractivity contribution in [3.8, 4) is 0 Å². The van der Waals surface area contributed by atoms with E-state index in [9.17, 15) is 9.59 Å². The molecule has 1 fully saturated rings. The largest absolute Gasteiger partial charge is 0.349 e. The number of nitrogens with one attached hydrogen (secondary N) is 1. The quantitative estimate of drug-likeness (QED) is 0.784. The molecule has 1 aromatic rings. The number of rotatable bonds is 3. The molecule has 16 heavy (non-hydrogen) atoms. The van der Waals surface area contributed by atoms with Crippen LogP contribution in [0.5, 0.6) is 0 Å². The molecule has 0 aromatic heterocycles. The predicted octanol–water partition coefficient (Wildman–Crippen LogP) is 1.78. The van der Waals surface area contributed by atoms with Crippen LogP contribution in [0.1, 0.15) is 29.6 Å². The molecule has 1 saturated carbocycles. The molecule has 3 heteroatoms. The second kappa shape index (κ2) is 4.92. The molecule has 0 bridgehead atoms. The van der Waals surface area contributed by atoms with Gasteiger partial charge in [-0.05, 0) is 25.0 Å². The minimum atomic E-state index is -0.0839. The summed E-state index contributed by atoms with van der Waals surface area (Å²) in [5.41, 5.74) is 0.652. The minimum absolute atomic E-state index is 0.00679. The van der Waals surface area contributed by atoms with Gasteiger partial charge in [-0.1, -0.05) is 24.6 Å². The Morgan fingerprint density at radius 1 is 1.25 bits per heavy atom. The fourth-order valence-corrected chi connectivity index (χ4v) is 2.17. The fourth-order valence-electron chi connectivity index (χ4n) is 2.17. The standard InChI is InChI=1S/C13H15NO2/c15-9-11-7-4-8-12(11)14-13(16)10-5-2-1-3-6-10/h1-3,5-6,9,11-12H,4,7-8H2,(H,14,16)/t11-,12-/m1/s1. The summed E-state index contributed by atoms with van der Waals surface area (Å²) in [5.74, 6) is -0.0907. The van der Waals surface area contributed by atoms with Crippen molar-refractivity contribution in [2.45, 2.75) is 25.3 Å². The van der Waals surface area contributed by atoms with Crippen molar-refractivity contribution in [1.82, 2.24) is 5.32 Å². The zero-order valence-corrected chi connectivity index (χ0v) is 9.06. The summed E-state index contributed by atoms with van der Waals surface area (Å²) in [6.07, 6.45) is 3.78. The van der Waals surface area contributed by atoms with Crippen LogP contribution in [0.3, 0.4) is 0 Å². The maximum Gasteiger partial charge on any atom is 0.251 e. The van der Waals surface area contributed by atoms with E-state index in [1.54, 1.807) is 12.1 Å². The van der Waals surface area contributed by atoms with Gasteiger partial charge in [-0.25, -0.2) is 0 Å². The van der Waals surface area contributed by atoms with Gasteiger partial charge in [0.05, 0.1) is 0 Å². The van der Waals surface area contributed by atoms with Gasteiger partial charge in [-0.2, -0.15) is 0 Å². The molecule has 0 saturated heterocycles. The molecule has 0 spiro atoms. The van der Waals surface area contributed by atoms with E-state index >= 15 is 0 Å². The van der Waals surface area contributed by atoms with E-state index in [1.807, 2.05) is 18.2 Å². The summed E-state index contributed by atoms with van der Waals surface area (Å²) in [7, 11) is 0. The molecule has 1 amide bonds. The molecule has 0 unspecified atom stereocenters. The fraction of sp³-hybridized carbons (Fsp3) is 0.385. The lowest BCUT2D eigenvalue weighted by Gasteiger charge is -2.16. The van der Waals surface area contributed by atoms with Crippen molar-refractivity contribution in [3.63, 3.8) is 0 Å². The highest BCUT2D eigenvalue weighted by atomic mass is 16.1. The Bertz CT molecular complexity index is 375. The van der Waals surface area contributed by atoms with Crippen LogP contribution in [-0.4, -0.2) is 18.2 Å². The Labute approximate surface area is 94.9 Å². The van der Waals surface area contributed by atoms with Gasteiger partial charge >= 0.3 is 0 Å². The Morgan fingerprint density at radius 3 is 2.69 bits per heavy atom. The van der Waals surface area contributed by atoms with Crippen LogP contribution >= 0.6 is 0 Å². The average Bonchev–Trinajstić information content (AvgIpc) is 2.77. The molecule has 3 nitrogen and oxygen atoms in total. The number of carbonyl (C=O) groups excluding carboxylic acids is 2. The highest BCUT2D eigenvalue weighted by Crippen LogP contribution is 2.23. The number of benzene rings is 1. The first-order valence-electron chi connectivity index (χ1n) is 5.62. The Hall–Kier alpha value is -1.64. The molecule has 0 aliphatic heterocycles. The number of hydrogen-bond acceptors (Lipinski definition) is 2. The van der Waals surface area contributed by atoms with Gasteiger partial charge in [0.2, 0.25) is 0 Å². The van der Waals surface area contributed by atoms with Gasteiger partial charge in [-0.3, -0.25) is 4.79 Å². The third-order valence-corrected chi connectivity index (χ3v) is 3.10. The van der Waals surface area contributed by atoms with Crippen molar-refractivity contribution in [2.75, 3.05) is 0 Å². The van der Waals surface area contributed by atoms with Crippen LogP contribution < -0.4 is 5.32 Å². The SMILES string of the molecule is O=C[C@H]1CCC[C@H]1NC(=O)c1ccccc1. The number of hydrogen-bond donors (Lipinski definition) is 1. The lowest BCUT2D eigenvalue weighted by Crippen LogP contribution is -2.37. The topological polar surface area (TPSA) is 46.2 Å². The van der Waals surface area contributed by atoms with Crippen LogP contribution in [0.4, 0.5) is 0 Å². The van der Waals surface area contributed by atoms with Crippen molar-refractivity contribution in [2.24, 2.45) is 5.92 Å². The third kappa shape index (κ3) is 2.30. The van der Waals surface area contributed by atoms with Crippen LogP contribution in [0.25, 0.3) is 0 Å². The van der Waals surface area contributed by atoms with Crippen molar-refractivity contribution < 1.29 is 9.59 Å². The average molecular weight is 217 g/mol. The predicted molar refractivity (Wildman–Crippen MR) is 61.1 cm³/mol. The molecule has 1 N–H and O–H groups in total. The molecule has 0 heterocycles. The lowest BCUT2D eigenvalue weighted by molar-refractivity contribution is -0.111. The van der Waals surface area contributed by atoms with E-state index in [0.29, 0.717) is 5.56 Å². The van der Waals surface area contributed by atoms with Crippen LogP contribution in [-0.2, 0) is 4.79 Å². The van der Waals surface area contributed by atoms with Crippen LogP contribution in [0.15, 0.2) is 30.3 Å². The van der Waals surface area contributed by atoms with Gasteiger partial charge in [-0.15, -0.1) is 0 Å². The van der Waals surface area contributed by atoms with Crippen molar-refractivity contribution in [3.05, 3.63) is 35.9 Å². The summed E-state index contributed by atoms with van der Waals surface area (Å²) >= 11 is 0. The van der Waals surface area contributed by atoms with E-state index < -0.39 is 0 Å². The molecule has 2 rings (SSSR count). The molecule has 1 aliphatic carbocycles. The van der Waals surface area contributed by atoms with Crippen molar-refractivity contribution >= 4 is 12.2 Å². The Balaban J connectivity index is 2.00. The monoisotopic (exact) mass is 217 g/mol. The summed E-state index contributed by atoms with van der Waals surface area (Å²) in [4.78, 5) is 22.6. The Morgan fingerprint density at radius 2 is 2.00 bits per heavy atom. The third-order valence-electron chi connectivity index (χ3n) is 3.10. The first-order chi connectivity index (χ1) is 7.81. The maximum absolute atomic E-state index is 11.8. The first kappa shape index (κ1) is 10.9. The van der Waals surface area contributed by atoms with Crippen molar-refractivity contribution in [1.29, 1.82) is 0 Å². The zero-order chi connectivity index (χ0) is 11.4. The van der Waals surface area contributed by atoms with E-state index in [0.717, 1.165) is 25.5 Å².